The molecule has 0 spiro atoms. The summed E-state index contributed by atoms with van der Waals surface area (Å²) >= 11 is 0. The first-order valence-electron chi connectivity index (χ1n) is 20.2. The fourth-order valence-corrected chi connectivity index (χ4v) is 4.74. The maximum Gasteiger partial charge on any atom is 4.00 e. The van der Waals surface area contributed by atoms with Crippen LogP contribution in [-0.4, -0.2) is 0 Å². The molecule has 0 aliphatic heterocycles. The third kappa shape index (κ3) is 23.6. The average molecular weight is 893 g/mol. The van der Waals surface area contributed by atoms with Crippen LogP contribution in [-0.2, 0) is 65.2 Å². The SMILES string of the molecule is CCc1cc2c(-c3ccccc3)cccc2[cH-]1.CCc1cc2c(-c3ccccc3)cccc2[cH-]1.C[CH-]C.[CH2-]CCC.[CH2-]CCC.[CH2-]CCC.[CH2-]CCC.[Zr+3].[Zr+4]. The monoisotopic (exact) mass is 889 g/mol. The van der Waals surface area contributed by atoms with Crippen molar-refractivity contribution in [3.8, 4) is 22.3 Å². The van der Waals surface area contributed by atoms with E-state index in [2.05, 4.69) is 191 Å². The van der Waals surface area contributed by atoms with Gasteiger partial charge in [0, 0.05) is 0 Å². The number of hydrogen-bond donors (Lipinski definition) is 0. The van der Waals surface area contributed by atoms with Crippen molar-refractivity contribution >= 4 is 21.5 Å². The second-order valence-corrected chi connectivity index (χ2v) is 12.8. The molecule has 0 aliphatic carbocycles. The third-order valence-corrected chi connectivity index (χ3v) is 8.02. The van der Waals surface area contributed by atoms with E-state index in [9.17, 15) is 0 Å². The van der Waals surface area contributed by atoms with Crippen LogP contribution in [0.2, 0.25) is 0 Å². The Kier molecular flexibility index (Phi) is 40.3. The minimum Gasteiger partial charge on any atom is -0.343 e. The molecule has 0 unspecified atom stereocenters. The molecule has 0 atom stereocenters. The summed E-state index contributed by atoms with van der Waals surface area (Å²) in [7, 11) is 0. The van der Waals surface area contributed by atoms with Gasteiger partial charge in [-0.3, -0.25) is 0 Å². The summed E-state index contributed by atoms with van der Waals surface area (Å²) in [4.78, 5) is 0. The third-order valence-electron chi connectivity index (χ3n) is 8.02. The minimum absolute atomic E-state index is 0. The molecule has 0 nitrogen and oxygen atoms in total. The summed E-state index contributed by atoms with van der Waals surface area (Å²) in [6.07, 6.45) is 13.3. The molecule has 2 heteroatoms. The van der Waals surface area contributed by atoms with E-state index in [0.717, 1.165) is 38.5 Å². The van der Waals surface area contributed by atoms with Gasteiger partial charge >= 0.3 is 52.4 Å². The Bertz CT molecular complexity index is 1520. The standard InChI is InChI=1S/2C17H15.4C4H9.C3H7.2Zr/c2*1-2-13-11-15-9-6-10-16(17(15)12-13)14-7-4-3-5-8-14;4*1-3-4-2;1-3-2;;/h2*3-12H,2H2,1H3;4*1,3-4H2,2H3;3H,1-2H3;;/q7*-1;+3;+4. The number of unbranched alkanes of at least 4 members (excludes halogenated alkanes) is 4. The molecular formula is C53H73Zr2. The number of fused-ring (bicyclic) bond motifs is 2. The van der Waals surface area contributed by atoms with Crippen molar-refractivity contribution in [2.24, 2.45) is 0 Å². The molecule has 6 aromatic rings. The van der Waals surface area contributed by atoms with Crippen molar-refractivity contribution in [3.05, 3.63) is 167 Å². The minimum atomic E-state index is 0. The van der Waals surface area contributed by atoms with E-state index in [0.29, 0.717) is 0 Å². The van der Waals surface area contributed by atoms with Crippen LogP contribution in [0, 0.1) is 34.1 Å². The maximum absolute atomic E-state index is 3.60. The fraction of sp³-hybridized carbons (Fsp3) is 0.340. The first kappa shape index (κ1) is 57.2. The van der Waals surface area contributed by atoms with Crippen LogP contribution in [0.25, 0.3) is 43.8 Å². The van der Waals surface area contributed by atoms with E-state index in [-0.39, 0.29) is 52.4 Å². The summed E-state index contributed by atoms with van der Waals surface area (Å²) in [6.45, 7) is 31.3. The molecule has 0 saturated heterocycles. The summed E-state index contributed by atoms with van der Waals surface area (Å²) in [5.74, 6) is 0. The smallest absolute Gasteiger partial charge is 0.343 e. The molecule has 0 saturated carbocycles. The molecule has 1 radical (unpaired) electrons. The van der Waals surface area contributed by atoms with Crippen LogP contribution in [0.5, 0.6) is 0 Å². The van der Waals surface area contributed by atoms with Crippen LogP contribution in [0.4, 0.5) is 0 Å². The molecule has 0 N–H and O–H groups in total. The molecule has 6 aromatic carbocycles. The number of aryl methyl sites for hydroxylation is 2. The largest absolute Gasteiger partial charge is 4.00 e. The van der Waals surface area contributed by atoms with Crippen LogP contribution < -0.4 is 0 Å². The molecule has 293 valence electrons. The van der Waals surface area contributed by atoms with Crippen molar-refractivity contribution in [3.63, 3.8) is 0 Å². The second-order valence-electron chi connectivity index (χ2n) is 12.8. The predicted molar refractivity (Wildman–Crippen MR) is 245 cm³/mol. The Labute approximate surface area is 379 Å². The second kappa shape index (κ2) is 38.7. The molecule has 0 heterocycles. The van der Waals surface area contributed by atoms with Crippen LogP contribution >= 0.6 is 0 Å². The van der Waals surface area contributed by atoms with Gasteiger partial charge in [0.1, 0.15) is 0 Å². The maximum atomic E-state index is 3.60. The van der Waals surface area contributed by atoms with E-state index in [1.54, 1.807) is 0 Å². The Balaban J connectivity index is -0.000000662. The molecule has 0 bridgehead atoms. The van der Waals surface area contributed by atoms with Gasteiger partial charge in [-0.05, 0) is 24.0 Å². The molecule has 6 rings (SSSR count). The summed E-state index contributed by atoms with van der Waals surface area (Å²) in [6, 6.07) is 43.5. The van der Waals surface area contributed by atoms with Crippen molar-refractivity contribution in [2.75, 3.05) is 0 Å². The van der Waals surface area contributed by atoms with Gasteiger partial charge < -0.3 is 34.1 Å². The van der Waals surface area contributed by atoms with E-state index in [1.807, 2.05) is 20.3 Å². The van der Waals surface area contributed by atoms with E-state index in [4.69, 9.17) is 0 Å². The van der Waals surface area contributed by atoms with Crippen LogP contribution in [0.15, 0.2) is 121 Å². The van der Waals surface area contributed by atoms with Gasteiger partial charge in [-0.15, -0.1) is 69.1 Å². The quantitative estimate of drug-likeness (QED) is 0.134. The summed E-state index contributed by atoms with van der Waals surface area (Å²) < 4.78 is 0. The molecule has 0 aliphatic rings. The first-order valence-corrected chi connectivity index (χ1v) is 20.2. The average Bonchev–Trinajstić information content (AvgIpc) is 3.87. The van der Waals surface area contributed by atoms with Crippen LogP contribution in [0.3, 0.4) is 0 Å². The number of benzene rings is 4. The van der Waals surface area contributed by atoms with Crippen molar-refractivity contribution in [2.45, 2.75) is 120 Å². The molecule has 0 aromatic heterocycles. The Morgan fingerprint density at radius 3 is 0.964 bits per heavy atom. The Morgan fingerprint density at radius 2 is 0.727 bits per heavy atom. The van der Waals surface area contributed by atoms with Gasteiger partial charge in [0.15, 0.2) is 0 Å². The van der Waals surface area contributed by atoms with Gasteiger partial charge in [-0.2, -0.15) is 51.7 Å². The fourth-order valence-electron chi connectivity index (χ4n) is 4.74. The Morgan fingerprint density at radius 1 is 0.455 bits per heavy atom. The molecule has 0 fully saturated rings. The summed E-state index contributed by atoms with van der Waals surface area (Å²) in [5.41, 5.74) is 8.11. The number of rotatable bonds is 8. The summed E-state index contributed by atoms with van der Waals surface area (Å²) in [5, 5.41) is 5.44. The zero-order chi connectivity index (χ0) is 39.7. The number of hydrogen-bond acceptors (Lipinski definition) is 0. The predicted octanol–water partition coefficient (Wildman–Crippen LogP) is 17.3. The zero-order valence-corrected chi connectivity index (χ0v) is 40.9. The Hall–Kier alpha value is -2.13. The van der Waals surface area contributed by atoms with E-state index >= 15 is 0 Å². The van der Waals surface area contributed by atoms with Gasteiger partial charge in [-0.25, -0.2) is 0 Å². The zero-order valence-electron chi connectivity index (χ0n) is 36.0. The van der Waals surface area contributed by atoms with Crippen LogP contribution in [0.1, 0.15) is 118 Å². The normalized spacial score (nSPS) is 9.24. The molecule has 0 amide bonds. The molecule has 55 heavy (non-hydrogen) atoms. The first-order chi connectivity index (χ1) is 25.8. The van der Waals surface area contributed by atoms with Gasteiger partial charge in [0.2, 0.25) is 0 Å². The van der Waals surface area contributed by atoms with Crippen molar-refractivity contribution in [1.82, 2.24) is 0 Å². The van der Waals surface area contributed by atoms with E-state index < -0.39 is 0 Å². The molecular weight excluding hydrogens is 819 g/mol. The van der Waals surface area contributed by atoms with Crippen molar-refractivity contribution in [1.29, 1.82) is 0 Å². The topological polar surface area (TPSA) is 0 Å². The van der Waals surface area contributed by atoms with E-state index in [1.165, 1.54) is 80.6 Å². The van der Waals surface area contributed by atoms with Gasteiger partial charge in [0.25, 0.3) is 0 Å². The van der Waals surface area contributed by atoms with Gasteiger partial charge in [-0.1, -0.05) is 151 Å². The van der Waals surface area contributed by atoms with Crippen molar-refractivity contribution < 1.29 is 52.4 Å². The van der Waals surface area contributed by atoms with Gasteiger partial charge in [0.05, 0.1) is 0 Å².